The summed E-state index contributed by atoms with van der Waals surface area (Å²) in [6.07, 6.45) is 3.02. The van der Waals surface area contributed by atoms with Gasteiger partial charge < -0.3 is 15.4 Å². The fourth-order valence-corrected chi connectivity index (χ4v) is 2.32. The maximum Gasteiger partial charge on any atom is 0.0705 e. The fourth-order valence-electron chi connectivity index (χ4n) is 2.04. The predicted molar refractivity (Wildman–Crippen MR) is 76.0 cm³/mol. The van der Waals surface area contributed by atoms with E-state index in [1.165, 1.54) is 0 Å². The number of benzene rings is 1. The standard InChI is InChI=1S/C14H19ClN2O/c15-14-11-6-2-3-7-12(11)17-13(14)10-16-8-4-1-5-9-18/h2-3,6-7,16-18H,1,4-5,8-10H2. The molecule has 18 heavy (non-hydrogen) atoms. The van der Waals surface area contributed by atoms with E-state index < -0.39 is 0 Å². The molecule has 0 amide bonds. The summed E-state index contributed by atoms with van der Waals surface area (Å²) < 4.78 is 0. The molecule has 0 unspecified atom stereocenters. The predicted octanol–water partition coefficient (Wildman–Crippen LogP) is 3.07. The van der Waals surface area contributed by atoms with Crippen molar-refractivity contribution in [1.82, 2.24) is 10.3 Å². The highest BCUT2D eigenvalue weighted by Crippen LogP contribution is 2.26. The van der Waals surface area contributed by atoms with Crippen molar-refractivity contribution < 1.29 is 5.11 Å². The summed E-state index contributed by atoms with van der Waals surface area (Å²) in [5.41, 5.74) is 2.12. The minimum Gasteiger partial charge on any atom is -0.396 e. The fraction of sp³-hybridized carbons (Fsp3) is 0.429. The maximum absolute atomic E-state index is 8.67. The minimum atomic E-state index is 0.286. The molecule has 0 fully saturated rings. The molecule has 3 nitrogen and oxygen atoms in total. The summed E-state index contributed by atoms with van der Waals surface area (Å²) in [7, 11) is 0. The SMILES string of the molecule is OCCCCCNCc1[nH]c2ccccc2c1Cl. The van der Waals surface area contributed by atoms with Gasteiger partial charge in [0.15, 0.2) is 0 Å². The molecule has 3 N–H and O–H groups in total. The number of aliphatic hydroxyl groups is 1. The summed E-state index contributed by atoms with van der Waals surface area (Å²) in [6.45, 7) is 1.99. The molecular formula is C14H19ClN2O. The van der Waals surface area contributed by atoms with Crippen molar-refractivity contribution in [1.29, 1.82) is 0 Å². The van der Waals surface area contributed by atoms with Crippen molar-refractivity contribution in [2.45, 2.75) is 25.8 Å². The van der Waals surface area contributed by atoms with Crippen LogP contribution in [0.4, 0.5) is 0 Å². The number of fused-ring (bicyclic) bond motifs is 1. The monoisotopic (exact) mass is 266 g/mol. The van der Waals surface area contributed by atoms with E-state index in [0.717, 1.165) is 54.0 Å². The number of nitrogens with one attached hydrogen (secondary N) is 2. The molecule has 0 aliphatic carbocycles. The van der Waals surface area contributed by atoms with Gasteiger partial charge in [-0.2, -0.15) is 0 Å². The average molecular weight is 267 g/mol. The van der Waals surface area contributed by atoms with Gasteiger partial charge >= 0.3 is 0 Å². The molecule has 0 saturated carbocycles. The number of H-pyrrole nitrogens is 1. The highest BCUT2D eigenvalue weighted by molar-refractivity contribution is 6.36. The van der Waals surface area contributed by atoms with Crippen LogP contribution < -0.4 is 5.32 Å². The molecule has 0 radical (unpaired) electrons. The van der Waals surface area contributed by atoms with E-state index in [1.54, 1.807) is 0 Å². The Bertz CT molecular complexity index is 495. The second-order valence-corrected chi connectivity index (χ2v) is 4.80. The highest BCUT2D eigenvalue weighted by atomic mass is 35.5. The third-order valence-electron chi connectivity index (χ3n) is 3.03. The Morgan fingerprint density at radius 1 is 1.17 bits per heavy atom. The van der Waals surface area contributed by atoms with Gasteiger partial charge in [0.25, 0.3) is 0 Å². The zero-order chi connectivity index (χ0) is 12.8. The van der Waals surface area contributed by atoms with Gasteiger partial charge in [-0.25, -0.2) is 0 Å². The summed E-state index contributed by atoms with van der Waals surface area (Å²) in [6, 6.07) is 8.06. The molecule has 0 spiro atoms. The maximum atomic E-state index is 8.67. The quantitative estimate of drug-likeness (QED) is 0.675. The van der Waals surface area contributed by atoms with Crippen molar-refractivity contribution in [3.05, 3.63) is 35.0 Å². The lowest BCUT2D eigenvalue weighted by Crippen LogP contribution is -2.15. The van der Waals surface area contributed by atoms with E-state index in [2.05, 4.69) is 10.3 Å². The number of aliphatic hydroxyl groups excluding tert-OH is 1. The van der Waals surface area contributed by atoms with E-state index in [4.69, 9.17) is 16.7 Å². The van der Waals surface area contributed by atoms with Gasteiger partial charge in [0.2, 0.25) is 0 Å². The smallest absolute Gasteiger partial charge is 0.0705 e. The number of aromatic amines is 1. The minimum absolute atomic E-state index is 0.286. The van der Waals surface area contributed by atoms with Crippen molar-refractivity contribution in [3.63, 3.8) is 0 Å². The molecule has 0 aliphatic rings. The molecule has 0 bridgehead atoms. The molecule has 2 rings (SSSR count). The molecule has 4 heteroatoms. The Hall–Kier alpha value is -1.03. The first-order valence-electron chi connectivity index (χ1n) is 6.39. The van der Waals surface area contributed by atoms with Crippen LogP contribution in [0.15, 0.2) is 24.3 Å². The van der Waals surface area contributed by atoms with Crippen molar-refractivity contribution in [2.75, 3.05) is 13.2 Å². The van der Waals surface area contributed by atoms with E-state index in [9.17, 15) is 0 Å². The number of aromatic nitrogens is 1. The number of hydrogen-bond donors (Lipinski definition) is 3. The lowest BCUT2D eigenvalue weighted by Gasteiger charge is -2.03. The van der Waals surface area contributed by atoms with Crippen LogP contribution in [0.3, 0.4) is 0 Å². The molecule has 1 aromatic heterocycles. The number of unbranched alkanes of at least 4 members (excludes halogenated alkanes) is 2. The Morgan fingerprint density at radius 3 is 2.78 bits per heavy atom. The van der Waals surface area contributed by atoms with Gasteiger partial charge in [-0.05, 0) is 31.9 Å². The van der Waals surface area contributed by atoms with E-state index in [0.29, 0.717) is 0 Å². The summed E-state index contributed by atoms with van der Waals surface area (Å²) in [4.78, 5) is 3.33. The Balaban J connectivity index is 1.86. The lowest BCUT2D eigenvalue weighted by atomic mass is 10.2. The average Bonchev–Trinajstić information content (AvgIpc) is 2.71. The number of rotatable bonds is 7. The van der Waals surface area contributed by atoms with Crippen LogP contribution in [-0.2, 0) is 6.54 Å². The van der Waals surface area contributed by atoms with Gasteiger partial charge in [0.05, 0.1) is 5.02 Å². The van der Waals surface area contributed by atoms with Crippen LogP contribution in [0, 0.1) is 0 Å². The van der Waals surface area contributed by atoms with Crippen LogP contribution in [0.1, 0.15) is 25.0 Å². The van der Waals surface area contributed by atoms with E-state index >= 15 is 0 Å². The summed E-state index contributed by atoms with van der Waals surface area (Å²) >= 11 is 6.32. The van der Waals surface area contributed by atoms with E-state index in [1.807, 2.05) is 24.3 Å². The number of halogens is 1. The van der Waals surface area contributed by atoms with Crippen molar-refractivity contribution in [3.8, 4) is 0 Å². The second kappa shape index (κ2) is 6.78. The first kappa shape index (κ1) is 13.4. The normalized spacial score (nSPS) is 11.2. The van der Waals surface area contributed by atoms with Gasteiger partial charge in [-0.1, -0.05) is 29.8 Å². The van der Waals surface area contributed by atoms with Crippen LogP contribution in [0.2, 0.25) is 5.02 Å². The summed E-state index contributed by atoms with van der Waals surface area (Å²) in [5.74, 6) is 0. The zero-order valence-corrected chi connectivity index (χ0v) is 11.1. The molecule has 98 valence electrons. The van der Waals surface area contributed by atoms with Crippen LogP contribution >= 0.6 is 11.6 Å². The molecule has 1 heterocycles. The van der Waals surface area contributed by atoms with Gasteiger partial charge in [-0.15, -0.1) is 0 Å². The first-order valence-corrected chi connectivity index (χ1v) is 6.77. The summed E-state index contributed by atoms with van der Waals surface area (Å²) in [5, 5.41) is 13.9. The molecule has 1 aromatic carbocycles. The Labute approximate surface area is 112 Å². The van der Waals surface area contributed by atoms with Crippen LogP contribution in [0.5, 0.6) is 0 Å². The number of hydrogen-bond acceptors (Lipinski definition) is 2. The van der Waals surface area contributed by atoms with Gasteiger partial charge in [-0.3, -0.25) is 0 Å². The third-order valence-corrected chi connectivity index (χ3v) is 3.46. The Kier molecular flexibility index (Phi) is 5.05. The molecule has 0 saturated heterocycles. The van der Waals surface area contributed by atoms with Crippen LogP contribution in [0.25, 0.3) is 10.9 Å². The highest BCUT2D eigenvalue weighted by Gasteiger charge is 2.07. The topological polar surface area (TPSA) is 48.0 Å². The lowest BCUT2D eigenvalue weighted by molar-refractivity contribution is 0.283. The molecule has 0 atom stereocenters. The third kappa shape index (κ3) is 3.25. The van der Waals surface area contributed by atoms with Gasteiger partial charge in [0, 0.05) is 29.7 Å². The largest absolute Gasteiger partial charge is 0.396 e. The molecular weight excluding hydrogens is 248 g/mol. The number of para-hydroxylation sites is 1. The molecule has 0 aliphatic heterocycles. The van der Waals surface area contributed by atoms with Crippen molar-refractivity contribution in [2.24, 2.45) is 0 Å². The van der Waals surface area contributed by atoms with E-state index in [-0.39, 0.29) is 6.61 Å². The second-order valence-electron chi connectivity index (χ2n) is 4.42. The zero-order valence-electron chi connectivity index (χ0n) is 10.4. The molecule has 2 aromatic rings. The Morgan fingerprint density at radius 2 is 2.00 bits per heavy atom. The van der Waals surface area contributed by atoms with Crippen molar-refractivity contribution >= 4 is 22.5 Å². The van der Waals surface area contributed by atoms with Crippen LogP contribution in [-0.4, -0.2) is 23.2 Å². The first-order chi connectivity index (χ1) is 8.83. The van der Waals surface area contributed by atoms with Gasteiger partial charge in [0.1, 0.15) is 0 Å².